The van der Waals surface area contributed by atoms with Gasteiger partial charge in [-0.2, -0.15) is 13.2 Å². The lowest BCUT2D eigenvalue weighted by atomic mass is 10.2. The largest absolute Gasteiger partial charge is 0.405 e. The molecule has 0 bridgehead atoms. The van der Waals surface area contributed by atoms with Gasteiger partial charge in [-0.3, -0.25) is 0 Å². The molecule has 1 aromatic rings. The maximum Gasteiger partial charge on any atom is 0.405 e. The van der Waals surface area contributed by atoms with E-state index < -0.39 is 12.7 Å². The third-order valence-corrected chi connectivity index (χ3v) is 2.74. The van der Waals surface area contributed by atoms with Crippen molar-refractivity contribution in [2.45, 2.75) is 39.8 Å². The second-order valence-electron chi connectivity index (χ2n) is 4.70. The van der Waals surface area contributed by atoms with Gasteiger partial charge in [0.2, 0.25) is 0 Å². The Morgan fingerprint density at radius 3 is 2.26 bits per heavy atom. The molecule has 0 aliphatic rings. The molecule has 0 saturated heterocycles. The molecule has 0 spiro atoms. The number of nitrogens with two attached hydrogens (primary N) is 1. The Kier molecular flexibility index (Phi) is 4.60. The van der Waals surface area contributed by atoms with Crippen molar-refractivity contribution in [3.63, 3.8) is 0 Å². The van der Waals surface area contributed by atoms with E-state index in [-0.39, 0.29) is 24.1 Å². The Bertz CT molecular complexity index is 443. The van der Waals surface area contributed by atoms with Crippen molar-refractivity contribution in [2.24, 2.45) is 0 Å². The van der Waals surface area contributed by atoms with E-state index in [1.165, 1.54) is 4.90 Å². The molecular weight excluding hydrogens is 257 g/mol. The third-order valence-electron chi connectivity index (χ3n) is 2.74. The molecule has 4 nitrogen and oxygen atoms in total. The van der Waals surface area contributed by atoms with E-state index in [1.54, 1.807) is 13.8 Å². The van der Waals surface area contributed by atoms with Gasteiger partial charge in [-0.25, -0.2) is 9.97 Å². The number of halogens is 3. The van der Waals surface area contributed by atoms with E-state index in [1.807, 2.05) is 13.8 Å². The van der Waals surface area contributed by atoms with Crippen molar-refractivity contribution in [1.82, 2.24) is 9.97 Å². The van der Waals surface area contributed by atoms with E-state index in [0.717, 1.165) is 0 Å². The number of alkyl halides is 3. The zero-order chi connectivity index (χ0) is 14.8. The van der Waals surface area contributed by atoms with Gasteiger partial charge >= 0.3 is 6.18 Å². The van der Waals surface area contributed by atoms with Gasteiger partial charge in [0.1, 0.15) is 24.0 Å². The molecule has 0 aliphatic heterocycles. The summed E-state index contributed by atoms with van der Waals surface area (Å²) in [5.41, 5.74) is 6.24. The first-order valence-corrected chi connectivity index (χ1v) is 6.11. The fraction of sp³-hybridized carbons (Fsp3) is 0.667. The van der Waals surface area contributed by atoms with Crippen LogP contribution in [0.5, 0.6) is 0 Å². The molecule has 0 unspecified atom stereocenters. The van der Waals surface area contributed by atoms with Crippen molar-refractivity contribution < 1.29 is 13.2 Å². The summed E-state index contributed by atoms with van der Waals surface area (Å²) < 4.78 is 37.7. The summed E-state index contributed by atoms with van der Waals surface area (Å²) in [7, 11) is 0. The fourth-order valence-electron chi connectivity index (χ4n) is 1.66. The van der Waals surface area contributed by atoms with Crippen LogP contribution in [-0.4, -0.2) is 29.2 Å². The highest BCUT2D eigenvalue weighted by Crippen LogP contribution is 2.27. The Labute approximate surface area is 110 Å². The summed E-state index contributed by atoms with van der Waals surface area (Å²) in [5, 5.41) is 0. The fourth-order valence-corrected chi connectivity index (χ4v) is 1.66. The number of aromatic nitrogens is 2. The van der Waals surface area contributed by atoms with Crippen molar-refractivity contribution >= 4 is 11.6 Å². The van der Waals surface area contributed by atoms with Crippen LogP contribution in [0.1, 0.15) is 38.1 Å². The van der Waals surface area contributed by atoms with Gasteiger partial charge < -0.3 is 10.6 Å². The topological polar surface area (TPSA) is 55.0 Å². The number of nitrogen functional groups attached to an aromatic ring is 1. The van der Waals surface area contributed by atoms with Gasteiger partial charge in [-0.05, 0) is 13.8 Å². The highest BCUT2D eigenvalue weighted by atomic mass is 19.4. The second kappa shape index (κ2) is 5.63. The number of hydrogen-bond acceptors (Lipinski definition) is 4. The van der Waals surface area contributed by atoms with Gasteiger partial charge in [-0.1, -0.05) is 13.8 Å². The van der Waals surface area contributed by atoms with Crippen LogP contribution in [0, 0.1) is 6.92 Å². The molecule has 0 atom stereocenters. The van der Waals surface area contributed by atoms with Crippen molar-refractivity contribution in [2.75, 3.05) is 23.7 Å². The number of hydrogen-bond donors (Lipinski definition) is 1. The van der Waals surface area contributed by atoms with Crippen LogP contribution >= 0.6 is 0 Å². The van der Waals surface area contributed by atoms with Crippen LogP contribution in [-0.2, 0) is 0 Å². The normalized spacial score (nSPS) is 12.0. The smallest absolute Gasteiger partial charge is 0.383 e. The van der Waals surface area contributed by atoms with Gasteiger partial charge in [0.15, 0.2) is 0 Å². The monoisotopic (exact) mass is 276 g/mol. The molecule has 7 heteroatoms. The minimum Gasteiger partial charge on any atom is -0.383 e. The van der Waals surface area contributed by atoms with Crippen LogP contribution in [0.4, 0.5) is 24.8 Å². The molecule has 0 radical (unpaired) electrons. The maximum absolute atomic E-state index is 12.6. The van der Waals surface area contributed by atoms with Gasteiger partial charge in [0.25, 0.3) is 0 Å². The summed E-state index contributed by atoms with van der Waals surface area (Å²) in [6, 6.07) is 0. The zero-order valence-electron chi connectivity index (χ0n) is 11.5. The summed E-state index contributed by atoms with van der Waals surface area (Å²) in [6.45, 7) is 6.18. The Morgan fingerprint density at radius 1 is 1.26 bits per heavy atom. The molecule has 0 amide bonds. The second-order valence-corrected chi connectivity index (χ2v) is 4.70. The highest BCUT2D eigenvalue weighted by molar-refractivity contribution is 5.56. The van der Waals surface area contributed by atoms with Crippen molar-refractivity contribution in [1.29, 1.82) is 0 Å². The molecule has 19 heavy (non-hydrogen) atoms. The average Bonchev–Trinajstić information content (AvgIpc) is 2.28. The molecule has 1 aromatic heterocycles. The number of nitrogens with zero attached hydrogens (tertiary/aromatic N) is 3. The lowest BCUT2D eigenvalue weighted by Crippen LogP contribution is -2.35. The molecule has 0 aliphatic carbocycles. The molecule has 2 N–H and O–H groups in total. The van der Waals surface area contributed by atoms with Gasteiger partial charge in [0.05, 0.1) is 0 Å². The standard InChI is InChI=1S/C12H19F3N4/c1-5-19(6-12(13,14)15)11-8(4)9(16)17-10(18-11)7(2)3/h7H,5-6H2,1-4H3,(H2,16,17,18). The van der Waals surface area contributed by atoms with Crippen LogP contribution < -0.4 is 10.6 Å². The summed E-state index contributed by atoms with van der Waals surface area (Å²) in [5.74, 6) is 0.954. The SMILES string of the molecule is CCN(CC(F)(F)F)c1nc(C(C)C)nc(N)c1C. The van der Waals surface area contributed by atoms with Crippen LogP contribution in [0.3, 0.4) is 0 Å². The van der Waals surface area contributed by atoms with Crippen LogP contribution in [0.15, 0.2) is 0 Å². The Morgan fingerprint density at radius 2 is 1.84 bits per heavy atom. The Hall–Kier alpha value is -1.53. The third kappa shape index (κ3) is 3.97. The number of anilines is 2. The van der Waals surface area contributed by atoms with E-state index in [0.29, 0.717) is 11.4 Å². The molecule has 0 saturated carbocycles. The molecular formula is C12H19F3N4. The molecule has 1 heterocycles. The average molecular weight is 276 g/mol. The lowest BCUT2D eigenvalue weighted by molar-refractivity contribution is -0.119. The molecule has 0 fully saturated rings. The van der Waals surface area contributed by atoms with Gasteiger partial charge in [-0.15, -0.1) is 0 Å². The number of rotatable bonds is 4. The van der Waals surface area contributed by atoms with E-state index >= 15 is 0 Å². The Balaban J connectivity index is 3.22. The van der Waals surface area contributed by atoms with Crippen molar-refractivity contribution in [3.8, 4) is 0 Å². The minimum absolute atomic E-state index is 0.00578. The molecule has 1 rings (SSSR count). The first kappa shape index (κ1) is 15.5. The minimum atomic E-state index is -4.28. The first-order valence-electron chi connectivity index (χ1n) is 6.11. The summed E-state index contributed by atoms with van der Waals surface area (Å²) in [6.07, 6.45) is -4.28. The predicted molar refractivity (Wildman–Crippen MR) is 69.2 cm³/mol. The summed E-state index contributed by atoms with van der Waals surface area (Å²) >= 11 is 0. The molecule has 0 aromatic carbocycles. The molecule has 108 valence electrons. The quantitative estimate of drug-likeness (QED) is 0.918. The zero-order valence-corrected chi connectivity index (χ0v) is 11.5. The predicted octanol–water partition coefficient (Wildman–Crippen LogP) is 2.88. The van der Waals surface area contributed by atoms with Crippen molar-refractivity contribution in [3.05, 3.63) is 11.4 Å². The van der Waals surface area contributed by atoms with E-state index in [9.17, 15) is 13.2 Å². The highest BCUT2D eigenvalue weighted by Gasteiger charge is 2.31. The van der Waals surface area contributed by atoms with Gasteiger partial charge in [0, 0.05) is 18.0 Å². The van der Waals surface area contributed by atoms with Crippen LogP contribution in [0.2, 0.25) is 0 Å². The van der Waals surface area contributed by atoms with E-state index in [2.05, 4.69) is 9.97 Å². The van der Waals surface area contributed by atoms with E-state index in [4.69, 9.17) is 5.73 Å². The van der Waals surface area contributed by atoms with Crippen LogP contribution in [0.25, 0.3) is 0 Å². The first-order chi connectivity index (χ1) is 8.65. The lowest BCUT2D eigenvalue weighted by Gasteiger charge is -2.26. The maximum atomic E-state index is 12.6. The summed E-state index contributed by atoms with van der Waals surface area (Å²) in [4.78, 5) is 9.49.